The van der Waals surface area contributed by atoms with Gasteiger partial charge in [0.25, 0.3) is 0 Å². The number of rotatable bonds is 0. The van der Waals surface area contributed by atoms with Crippen LogP contribution in [0.15, 0.2) is 22.5 Å². The zero-order valence-corrected chi connectivity index (χ0v) is 11.5. The molecule has 18 heavy (non-hydrogen) atoms. The van der Waals surface area contributed by atoms with Gasteiger partial charge in [-0.2, -0.15) is 0 Å². The summed E-state index contributed by atoms with van der Waals surface area (Å²) in [6.45, 7) is 0. The monoisotopic (exact) mass is 246 g/mol. The Kier molecular flexibility index (Phi) is 3.77. The fourth-order valence-corrected chi connectivity index (χ4v) is 4.16. The maximum Gasteiger partial charge on any atom is 0.118 e. The molecule has 1 saturated carbocycles. The molecule has 1 fully saturated rings. The van der Waals surface area contributed by atoms with Gasteiger partial charge in [0, 0.05) is 5.92 Å². The minimum absolute atomic E-state index is 0.637. The molecule has 3 aliphatic carbocycles. The van der Waals surface area contributed by atoms with Crippen molar-refractivity contribution in [3.8, 4) is 0 Å². The predicted octanol–water partition coefficient (Wildman–Crippen LogP) is 5.43. The summed E-state index contributed by atoms with van der Waals surface area (Å²) in [5, 5.41) is 10.6. The number of aliphatic hydroxyl groups excluding tert-OH is 1. The molecule has 0 amide bonds. The lowest BCUT2D eigenvalue weighted by molar-refractivity contribution is 0.401. The van der Waals surface area contributed by atoms with Gasteiger partial charge in [-0.1, -0.05) is 37.7 Å². The molecule has 0 aliphatic heterocycles. The summed E-state index contributed by atoms with van der Waals surface area (Å²) < 4.78 is 0. The lowest BCUT2D eigenvalue weighted by Crippen LogP contribution is -2.08. The second-order valence-electron chi connectivity index (χ2n) is 6.30. The van der Waals surface area contributed by atoms with Gasteiger partial charge in [-0.25, -0.2) is 0 Å². The molecule has 1 atom stereocenters. The quantitative estimate of drug-likeness (QED) is 0.604. The molecule has 0 heterocycles. The van der Waals surface area contributed by atoms with E-state index in [2.05, 4.69) is 0 Å². The molecular formula is C17H26O. The van der Waals surface area contributed by atoms with Gasteiger partial charge in [0.2, 0.25) is 0 Å². The van der Waals surface area contributed by atoms with Gasteiger partial charge in [0.15, 0.2) is 0 Å². The molecule has 1 nitrogen and oxygen atoms in total. The molecule has 0 spiro atoms. The topological polar surface area (TPSA) is 20.2 Å². The Hall–Kier alpha value is -0.720. The average molecular weight is 246 g/mol. The van der Waals surface area contributed by atoms with Crippen LogP contribution < -0.4 is 0 Å². The molecule has 3 aliphatic rings. The van der Waals surface area contributed by atoms with Gasteiger partial charge < -0.3 is 5.11 Å². The molecule has 1 heteroatoms. The van der Waals surface area contributed by atoms with Crippen molar-refractivity contribution in [1.82, 2.24) is 0 Å². The normalized spacial score (nSPS) is 30.1. The van der Waals surface area contributed by atoms with E-state index in [0.29, 0.717) is 5.92 Å². The molecular weight excluding hydrogens is 220 g/mol. The van der Waals surface area contributed by atoms with E-state index in [-0.39, 0.29) is 0 Å². The third-order valence-electron chi connectivity index (χ3n) is 5.13. The van der Waals surface area contributed by atoms with E-state index >= 15 is 0 Å². The van der Waals surface area contributed by atoms with E-state index in [9.17, 15) is 5.11 Å². The highest BCUT2D eigenvalue weighted by atomic mass is 16.3. The number of aliphatic hydroxyl groups is 1. The highest BCUT2D eigenvalue weighted by molar-refractivity contribution is 5.46. The van der Waals surface area contributed by atoms with Crippen molar-refractivity contribution in [3.63, 3.8) is 0 Å². The van der Waals surface area contributed by atoms with Crippen LogP contribution in [-0.4, -0.2) is 5.11 Å². The molecule has 0 bridgehead atoms. The Labute approximate surface area is 111 Å². The highest BCUT2D eigenvalue weighted by Crippen LogP contribution is 2.46. The summed E-state index contributed by atoms with van der Waals surface area (Å²) >= 11 is 0. The molecule has 1 N–H and O–H groups in total. The van der Waals surface area contributed by atoms with Crippen molar-refractivity contribution in [2.45, 2.75) is 77.0 Å². The van der Waals surface area contributed by atoms with Crippen LogP contribution in [0.1, 0.15) is 77.0 Å². The maximum atomic E-state index is 10.6. The number of hydrogen-bond donors (Lipinski definition) is 1. The molecule has 0 aromatic heterocycles. The van der Waals surface area contributed by atoms with Gasteiger partial charge in [-0.05, 0) is 56.1 Å². The van der Waals surface area contributed by atoms with Crippen LogP contribution in [-0.2, 0) is 0 Å². The van der Waals surface area contributed by atoms with Crippen LogP contribution in [0.2, 0.25) is 0 Å². The largest absolute Gasteiger partial charge is 0.508 e. The van der Waals surface area contributed by atoms with Crippen LogP contribution in [0.25, 0.3) is 0 Å². The van der Waals surface area contributed by atoms with E-state index in [1.54, 1.807) is 5.57 Å². The predicted molar refractivity (Wildman–Crippen MR) is 75.6 cm³/mol. The van der Waals surface area contributed by atoms with E-state index in [1.165, 1.54) is 75.4 Å². The Morgan fingerprint density at radius 3 is 2.06 bits per heavy atom. The smallest absolute Gasteiger partial charge is 0.118 e. The zero-order chi connectivity index (χ0) is 12.4. The van der Waals surface area contributed by atoms with Crippen LogP contribution in [0, 0.1) is 5.92 Å². The molecule has 0 saturated heterocycles. The summed E-state index contributed by atoms with van der Waals surface area (Å²) in [6.07, 6.45) is 15.6. The zero-order valence-electron chi connectivity index (χ0n) is 11.5. The molecule has 0 aromatic carbocycles. The number of fused-ring (bicyclic) bond motifs is 2. The molecule has 0 radical (unpaired) electrons. The SMILES string of the molecule is OC1=C2CCCCCCC2C2=C1CCCCCC2. The Morgan fingerprint density at radius 2 is 1.28 bits per heavy atom. The van der Waals surface area contributed by atoms with Crippen LogP contribution in [0.5, 0.6) is 0 Å². The van der Waals surface area contributed by atoms with Crippen molar-refractivity contribution in [3.05, 3.63) is 22.5 Å². The fraction of sp³-hybridized carbons (Fsp3) is 0.765. The lowest BCUT2D eigenvalue weighted by Gasteiger charge is -2.22. The van der Waals surface area contributed by atoms with Crippen molar-refractivity contribution >= 4 is 0 Å². The van der Waals surface area contributed by atoms with Crippen LogP contribution in [0.3, 0.4) is 0 Å². The van der Waals surface area contributed by atoms with Crippen molar-refractivity contribution in [1.29, 1.82) is 0 Å². The van der Waals surface area contributed by atoms with Crippen LogP contribution >= 0.6 is 0 Å². The number of allylic oxidation sites excluding steroid dienone is 3. The maximum absolute atomic E-state index is 10.6. The summed E-state index contributed by atoms with van der Waals surface area (Å²) in [5.74, 6) is 1.37. The van der Waals surface area contributed by atoms with Gasteiger partial charge in [-0.15, -0.1) is 0 Å². The molecule has 0 aromatic rings. The first kappa shape index (κ1) is 12.3. The summed E-state index contributed by atoms with van der Waals surface area (Å²) in [5.41, 5.74) is 4.43. The highest BCUT2D eigenvalue weighted by Gasteiger charge is 2.33. The van der Waals surface area contributed by atoms with Gasteiger partial charge >= 0.3 is 0 Å². The standard InChI is InChI=1S/C17H26O/c18-17-15-11-7-3-1-5-9-13(15)14-10-6-2-4-8-12-16(14)17/h13,18H,1-12H2. The summed E-state index contributed by atoms with van der Waals surface area (Å²) in [6, 6.07) is 0. The van der Waals surface area contributed by atoms with Gasteiger partial charge in [-0.3, -0.25) is 0 Å². The first-order chi connectivity index (χ1) is 8.88. The second kappa shape index (κ2) is 5.50. The second-order valence-corrected chi connectivity index (χ2v) is 6.30. The first-order valence-electron chi connectivity index (χ1n) is 8.02. The lowest BCUT2D eigenvalue weighted by atomic mass is 9.82. The number of hydrogen-bond acceptors (Lipinski definition) is 1. The molecule has 100 valence electrons. The van der Waals surface area contributed by atoms with E-state index in [4.69, 9.17) is 0 Å². The van der Waals surface area contributed by atoms with Crippen molar-refractivity contribution in [2.24, 2.45) is 5.92 Å². The van der Waals surface area contributed by atoms with E-state index in [0.717, 1.165) is 18.6 Å². The van der Waals surface area contributed by atoms with E-state index in [1.807, 2.05) is 0 Å². The Balaban J connectivity index is 1.90. The van der Waals surface area contributed by atoms with Crippen molar-refractivity contribution in [2.75, 3.05) is 0 Å². The molecule has 3 rings (SSSR count). The van der Waals surface area contributed by atoms with Crippen LogP contribution in [0.4, 0.5) is 0 Å². The van der Waals surface area contributed by atoms with Crippen molar-refractivity contribution < 1.29 is 5.11 Å². The fourth-order valence-electron chi connectivity index (χ4n) is 4.16. The first-order valence-corrected chi connectivity index (χ1v) is 8.02. The minimum atomic E-state index is 0.637. The van der Waals surface area contributed by atoms with E-state index < -0.39 is 0 Å². The van der Waals surface area contributed by atoms with Gasteiger partial charge in [0.05, 0.1) is 0 Å². The Morgan fingerprint density at radius 1 is 0.667 bits per heavy atom. The summed E-state index contributed by atoms with van der Waals surface area (Å²) in [7, 11) is 0. The molecule has 1 unspecified atom stereocenters. The van der Waals surface area contributed by atoms with Gasteiger partial charge in [0.1, 0.15) is 5.76 Å². The third-order valence-corrected chi connectivity index (χ3v) is 5.13. The Bertz CT molecular complexity index is 375. The minimum Gasteiger partial charge on any atom is -0.508 e. The third kappa shape index (κ3) is 2.24. The summed E-state index contributed by atoms with van der Waals surface area (Å²) in [4.78, 5) is 0. The average Bonchev–Trinajstić information content (AvgIpc) is 2.50.